The van der Waals surface area contributed by atoms with Gasteiger partial charge >= 0.3 is 13.8 Å². The molecule has 0 rings (SSSR count). The molecule has 0 bridgehead atoms. The Morgan fingerprint density at radius 1 is 0.463 bits per heavy atom. The number of carbonyl (C=O) groups excluding carboxylic acids is 1. The van der Waals surface area contributed by atoms with Crippen molar-refractivity contribution in [1.82, 2.24) is 0 Å². The Hall–Kier alpha value is -1.54. The van der Waals surface area contributed by atoms with Crippen LogP contribution in [0.1, 0.15) is 258 Å². The van der Waals surface area contributed by atoms with Gasteiger partial charge in [0.05, 0.1) is 34.4 Å². The van der Waals surface area contributed by atoms with E-state index in [9.17, 15) is 14.3 Å². The van der Waals surface area contributed by atoms with Crippen molar-refractivity contribution < 1.29 is 37.3 Å². The van der Waals surface area contributed by atoms with Crippen molar-refractivity contribution in [3.05, 3.63) is 48.6 Å². The zero-order valence-electron chi connectivity index (χ0n) is 44.9. The van der Waals surface area contributed by atoms with Gasteiger partial charge in [0, 0.05) is 13.0 Å². The smallest absolute Gasteiger partial charge is 0.457 e. The van der Waals surface area contributed by atoms with E-state index in [0.29, 0.717) is 24.1 Å². The summed E-state index contributed by atoms with van der Waals surface area (Å²) in [5, 5.41) is 0. The molecule has 2 unspecified atom stereocenters. The van der Waals surface area contributed by atoms with Crippen molar-refractivity contribution in [2.24, 2.45) is 0 Å². The summed E-state index contributed by atoms with van der Waals surface area (Å²) >= 11 is 0. The number of likely N-dealkylation sites (N-methyl/N-ethyl adjacent to an activating group) is 1. The summed E-state index contributed by atoms with van der Waals surface area (Å²) in [6.07, 6.45) is 64.5. The van der Waals surface area contributed by atoms with Gasteiger partial charge in [0.1, 0.15) is 19.3 Å². The summed E-state index contributed by atoms with van der Waals surface area (Å²) in [5.41, 5.74) is 0. The van der Waals surface area contributed by atoms with Gasteiger partial charge in [0.15, 0.2) is 0 Å². The number of phosphoric acid groups is 1. The normalized spacial score (nSPS) is 13.8. The first kappa shape index (κ1) is 65.5. The summed E-state index contributed by atoms with van der Waals surface area (Å²) in [4.78, 5) is 23.1. The van der Waals surface area contributed by atoms with Crippen molar-refractivity contribution >= 4 is 13.8 Å². The maximum absolute atomic E-state index is 12.8. The Bertz CT molecular complexity index is 1210. The van der Waals surface area contributed by atoms with Gasteiger partial charge in [0.25, 0.3) is 0 Å². The number of carbonyl (C=O) groups is 1. The lowest BCUT2D eigenvalue weighted by atomic mass is 10.1. The molecule has 67 heavy (non-hydrogen) atoms. The molecule has 2 atom stereocenters. The summed E-state index contributed by atoms with van der Waals surface area (Å²) in [6.45, 7) is 5.63. The molecule has 394 valence electrons. The topological polar surface area (TPSA) is 91.3 Å². The van der Waals surface area contributed by atoms with E-state index in [2.05, 4.69) is 62.5 Å². The third kappa shape index (κ3) is 55.3. The molecule has 0 aromatic rings. The first-order chi connectivity index (χ1) is 32.6. The minimum Gasteiger partial charge on any atom is -0.457 e. The molecule has 0 aromatic heterocycles. The number of hydrogen-bond acceptors (Lipinski definition) is 6. The van der Waals surface area contributed by atoms with Crippen LogP contribution in [0.25, 0.3) is 0 Å². The number of rotatable bonds is 53. The van der Waals surface area contributed by atoms with E-state index < -0.39 is 13.9 Å². The van der Waals surface area contributed by atoms with Crippen molar-refractivity contribution in [2.45, 2.75) is 264 Å². The Balaban J connectivity index is 4.11. The predicted molar refractivity (Wildman–Crippen MR) is 289 cm³/mol. The second-order valence-corrected chi connectivity index (χ2v) is 21.8. The molecule has 0 amide bonds. The van der Waals surface area contributed by atoms with E-state index in [1.807, 2.05) is 21.1 Å². The van der Waals surface area contributed by atoms with Gasteiger partial charge < -0.3 is 18.9 Å². The van der Waals surface area contributed by atoms with Gasteiger partial charge in [-0.15, -0.1) is 0 Å². The summed E-state index contributed by atoms with van der Waals surface area (Å²) < 4.78 is 35.2. The molecule has 0 aliphatic rings. The summed E-state index contributed by atoms with van der Waals surface area (Å²) in [5.74, 6) is -0.319. The molecule has 0 fully saturated rings. The van der Waals surface area contributed by atoms with Gasteiger partial charge in [-0.1, -0.05) is 223 Å². The number of hydrogen-bond donors (Lipinski definition) is 1. The van der Waals surface area contributed by atoms with Crippen molar-refractivity contribution in [2.75, 3.05) is 54.1 Å². The second kappa shape index (κ2) is 50.8. The highest BCUT2D eigenvalue weighted by Gasteiger charge is 2.26. The van der Waals surface area contributed by atoms with Crippen molar-refractivity contribution in [3.8, 4) is 0 Å². The third-order valence-corrected chi connectivity index (χ3v) is 13.3. The van der Waals surface area contributed by atoms with Crippen LogP contribution in [0.15, 0.2) is 48.6 Å². The first-order valence-corrected chi connectivity index (χ1v) is 29.9. The molecular formula is C58H111NO7P+. The summed E-state index contributed by atoms with van der Waals surface area (Å²) in [7, 11) is 1.67. The van der Waals surface area contributed by atoms with Crippen LogP contribution in [0.5, 0.6) is 0 Å². The first-order valence-electron chi connectivity index (χ1n) is 28.4. The molecule has 0 radical (unpaired) electrons. The Morgan fingerprint density at radius 2 is 0.821 bits per heavy atom. The van der Waals surface area contributed by atoms with E-state index in [-0.39, 0.29) is 25.8 Å². The maximum atomic E-state index is 12.8. The fraction of sp³-hybridized carbons (Fsp3) is 0.845. The number of ether oxygens (including phenoxy) is 2. The number of esters is 1. The molecule has 0 aliphatic carbocycles. The van der Waals surface area contributed by atoms with Crippen LogP contribution in [-0.4, -0.2) is 75.6 Å². The quantitative estimate of drug-likeness (QED) is 0.0213. The molecule has 0 heterocycles. The van der Waals surface area contributed by atoms with Crippen LogP contribution >= 0.6 is 7.82 Å². The molecular weight excluding hydrogens is 854 g/mol. The number of unbranched alkanes of at least 4 members (excludes halogenated alkanes) is 31. The average Bonchev–Trinajstić information content (AvgIpc) is 3.29. The minimum atomic E-state index is -4.29. The van der Waals surface area contributed by atoms with Crippen LogP contribution in [0.3, 0.4) is 0 Å². The molecule has 0 saturated carbocycles. The van der Waals surface area contributed by atoms with E-state index >= 15 is 0 Å². The minimum absolute atomic E-state index is 0.0862. The zero-order valence-corrected chi connectivity index (χ0v) is 45.8. The monoisotopic (exact) mass is 965 g/mol. The third-order valence-electron chi connectivity index (χ3n) is 12.4. The molecule has 0 aliphatic heterocycles. The van der Waals surface area contributed by atoms with Gasteiger partial charge in [-0.25, -0.2) is 4.57 Å². The number of phosphoric ester groups is 1. The van der Waals surface area contributed by atoms with Crippen LogP contribution in [0.2, 0.25) is 0 Å². The fourth-order valence-corrected chi connectivity index (χ4v) is 8.71. The molecule has 1 N–H and O–H groups in total. The lowest BCUT2D eigenvalue weighted by Crippen LogP contribution is -2.37. The van der Waals surface area contributed by atoms with Gasteiger partial charge in [-0.3, -0.25) is 13.8 Å². The van der Waals surface area contributed by atoms with Gasteiger partial charge in [-0.2, -0.15) is 0 Å². The Labute approximate surface area is 416 Å². The number of allylic oxidation sites excluding steroid dienone is 8. The van der Waals surface area contributed by atoms with Crippen molar-refractivity contribution in [3.63, 3.8) is 0 Å². The van der Waals surface area contributed by atoms with Gasteiger partial charge in [-0.05, 0) is 77.0 Å². The zero-order chi connectivity index (χ0) is 49.0. The van der Waals surface area contributed by atoms with Gasteiger partial charge in [0.2, 0.25) is 0 Å². The molecule has 8 nitrogen and oxygen atoms in total. The fourth-order valence-electron chi connectivity index (χ4n) is 7.97. The Kier molecular flexibility index (Phi) is 49.7. The Morgan fingerprint density at radius 3 is 1.24 bits per heavy atom. The molecule has 0 aromatic carbocycles. The number of quaternary nitrogens is 1. The lowest BCUT2D eigenvalue weighted by molar-refractivity contribution is -0.870. The predicted octanol–water partition coefficient (Wildman–Crippen LogP) is 17.8. The highest BCUT2D eigenvalue weighted by molar-refractivity contribution is 7.47. The highest BCUT2D eigenvalue weighted by atomic mass is 31.2. The molecule has 9 heteroatoms. The van der Waals surface area contributed by atoms with E-state index in [1.54, 1.807) is 0 Å². The molecule has 0 saturated heterocycles. The maximum Gasteiger partial charge on any atom is 0.472 e. The standard InChI is InChI=1S/C58H110NO7P/c1-6-8-10-12-14-16-18-20-22-24-26-28-30-31-33-35-37-39-41-43-45-47-49-51-58(60)66-57(56-65-67(61,62)64-54-52-59(3,4)5)55-63-53-50-48-46-44-42-40-38-36-34-32-29-27-25-23-21-19-17-15-13-11-9-7-2/h18,20,24-27,30-31,57H,6-17,19,21-23,28-29,32-56H2,1-5H3/p+1/b20-18-,26-24-,27-25-,31-30-. The van der Waals surface area contributed by atoms with Crippen LogP contribution < -0.4 is 0 Å². The summed E-state index contributed by atoms with van der Waals surface area (Å²) in [6, 6.07) is 0. The lowest BCUT2D eigenvalue weighted by Gasteiger charge is -2.24. The van der Waals surface area contributed by atoms with Crippen LogP contribution in [0, 0.1) is 0 Å². The van der Waals surface area contributed by atoms with E-state index in [4.69, 9.17) is 18.5 Å². The molecule has 0 spiro atoms. The highest BCUT2D eigenvalue weighted by Crippen LogP contribution is 2.43. The number of nitrogens with zero attached hydrogens (tertiary/aromatic N) is 1. The SMILES string of the molecule is CCCCCCC/C=C\C/C=C\C/C=C\CCCCCCCCCCC(=O)OC(COCCCCCCCCCCCC/C=C\CCCCCCCCCC)COP(=O)(O)OCC[N+](C)(C)C. The van der Waals surface area contributed by atoms with Crippen LogP contribution in [-0.2, 0) is 27.9 Å². The average molecular weight is 965 g/mol. The van der Waals surface area contributed by atoms with Crippen LogP contribution in [0.4, 0.5) is 0 Å². The second-order valence-electron chi connectivity index (χ2n) is 20.3. The van der Waals surface area contributed by atoms with E-state index in [0.717, 1.165) is 51.4 Å². The van der Waals surface area contributed by atoms with Crippen molar-refractivity contribution in [1.29, 1.82) is 0 Å². The largest absolute Gasteiger partial charge is 0.472 e. The van der Waals surface area contributed by atoms with E-state index in [1.165, 1.54) is 186 Å².